The number of hydrogen-bond donors (Lipinski definition) is 1. The number of amides is 2. The first-order valence-corrected chi connectivity index (χ1v) is 7.01. The van der Waals surface area contributed by atoms with Crippen LogP contribution in [-0.2, 0) is 16.1 Å². The summed E-state index contributed by atoms with van der Waals surface area (Å²) in [4.78, 5) is 25.7. The molecule has 1 unspecified atom stereocenters. The fourth-order valence-electron chi connectivity index (χ4n) is 2.39. The maximum Gasteiger partial charge on any atom is 0.292 e. The fraction of sp³-hybridized carbons (Fsp3) is 0.200. The van der Waals surface area contributed by atoms with Gasteiger partial charge < -0.3 is 9.73 Å². The summed E-state index contributed by atoms with van der Waals surface area (Å²) in [7, 11) is 0. The van der Waals surface area contributed by atoms with Crippen molar-refractivity contribution in [2.75, 3.05) is 4.90 Å². The molecule has 1 atom stereocenters. The number of furan rings is 1. The molecule has 2 amide bonds. The van der Waals surface area contributed by atoms with Crippen LogP contribution in [0.3, 0.4) is 0 Å². The van der Waals surface area contributed by atoms with E-state index in [2.05, 4.69) is 0 Å². The molecule has 108 valence electrons. The van der Waals surface area contributed by atoms with E-state index in [1.54, 1.807) is 36.6 Å². The van der Waals surface area contributed by atoms with Gasteiger partial charge in [0, 0.05) is 5.02 Å². The van der Waals surface area contributed by atoms with Crippen molar-refractivity contribution >= 4 is 29.1 Å². The van der Waals surface area contributed by atoms with Crippen LogP contribution >= 0.6 is 11.6 Å². The van der Waals surface area contributed by atoms with Gasteiger partial charge in [0.15, 0.2) is 11.8 Å². The second-order valence-electron chi connectivity index (χ2n) is 4.87. The normalized spacial score (nSPS) is 18.5. The van der Waals surface area contributed by atoms with E-state index in [4.69, 9.17) is 16.0 Å². The highest BCUT2D eigenvalue weighted by atomic mass is 35.5. The third-order valence-electron chi connectivity index (χ3n) is 3.45. The van der Waals surface area contributed by atoms with Gasteiger partial charge in [-0.25, -0.2) is 4.90 Å². The molecule has 0 aliphatic carbocycles. The lowest BCUT2D eigenvalue weighted by atomic mass is 10.2. The molecule has 0 spiro atoms. The molecule has 0 bridgehead atoms. The van der Waals surface area contributed by atoms with Crippen LogP contribution in [0.25, 0.3) is 0 Å². The molecule has 1 saturated heterocycles. The fourth-order valence-corrected chi connectivity index (χ4v) is 2.51. The van der Waals surface area contributed by atoms with Crippen molar-refractivity contribution in [3.05, 3.63) is 53.4 Å². The van der Waals surface area contributed by atoms with Gasteiger partial charge in [-0.2, -0.15) is 0 Å². The van der Waals surface area contributed by atoms with Crippen LogP contribution in [0.1, 0.15) is 12.2 Å². The lowest BCUT2D eigenvalue weighted by Crippen LogP contribution is -2.90. The van der Waals surface area contributed by atoms with Gasteiger partial charge in [0.05, 0.1) is 18.4 Å². The maximum absolute atomic E-state index is 12.4. The lowest BCUT2D eigenvalue weighted by molar-refractivity contribution is -0.691. The van der Waals surface area contributed by atoms with E-state index in [1.807, 2.05) is 11.4 Å². The van der Waals surface area contributed by atoms with E-state index in [0.29, 0.717) is 17.3 Å². The van der Waals surface area contributed by atoms with Crippen molar-refractivity contribution < 1.29 is 19.3 Å². The maximum atomic E-state index is 12.4. The molecule has 1 fully saturated rings. The third kappa shape index (κ3) is 2.84. The molecule has 2 aromatic rings. The van der Waals surface area contributed by atoms with E-state index >= 15 is 0 Å². The van der Waals surface area contributed by atoms with Crippen molar-refractivity contribution in [3.8, 4) is 0 Å². The van der Waals surface area contributed by atoms with Crippen LogP contribution in [0.4, 0.5) is 5.69 Å². The van der Waals surface area contributed by atoms with Crippen molar-refractivity contribution in [3.63, 3.8) is 0 Å². The number of hydrogen-bond acceptors (Lipinski definition) is 3. The van der Waals surface area contributed by atoms with E-state index in [0.717, 1.165) is 5.76 Å². The summed E-state index contributed by atoms with van der Waals surface area (Å²) in [5, 5.41) is 2.40. The number of carbonyl (C=O) groups excluding carboxylic acids is 2. The predicted octanol–water partition coefficient (Wildman–Crippen LogP) is 1.33. The van der Waals surface area contributed by atoms with Crippen molar-refractivity contribution in [2.24, 2.45) is 0 Å². The summed E-state index contributed by atoms with van der Waals surface area (Å²) in [5.41, 5.74) is 0.559. The van der Waals surface area contributed by atoms with Gasteiger partial charge in [0.1, 0.15) is 6.54 Å². The third-order valence-corrected chi connectivity index (χ3v) is 3.70. The number of benzene rings is 1. The highest BCUT2D eigenvalue weighted by Gasteiger charge is 2.42. The van der Waals surface area contributed by atoms with Crippen LogP contribution in [0.2, 0.25) is 5.02 Å². The van der Waals surface area contributed by atoms with Gasteiger partial charge in [0.25, 0.3) is 5.91 Å². The molecule has 1 aliphatic heterocycles. The first kappa shape index (κ1) is 13.9. The Hall–Kier alpha value is -2.11. The van der Waals surface area contributed by atoms with Crippen molar-refractivity contribution in [1.82, 2.24) is 0 Å². The number of nitrogens with zero attached hydrogens (tertiary/aromatic N) is 1. The lowest BCUT2D eigenvalue weighted by Gasteiger charge is -2.14. The van der Waals surface area contributed by atoms with Crippen LogP contribution in [0.15, 0.2) is 47.1 Å². The standard InChI is InChI=1S/C15H13ClN2O3/c16-10-3-5-11(6-4-10)18-14(19)8-13(15(18)20)17-9-12-2-1-7-21-12/h1-7,13,17H,8-9H2/p+1. The van der Waals surface area contributed by atoms with Crippen molar-refractivity contribution in [2.45, 2.75) is 19.0 Å². The second kappa shape index (κ2) is 5.71. The summed E-state index contributed by atoms with van der Waals surface area (Å²) in [6.07, 6.45) is 1.78. The van der Waals surface area contributed by atoms with Gasteiger partial charge in [-0.3, -0.25) is 9.59 Å². The molecule has 0 saturated carbocycles. The van der Waals surface area contributed by atoms with Crippen LogP contribution in [-0.4, -0.2) is 17.9 Å². The number of quaternary nitrogens is 1. The Morgan fingerprint density at radius 2 is 2.00 bits per heavy atom. The number of rotatable bonds is 4. The van der Waals surface area contributed by atoms with Crippen LogP contribution in [0.5, 0.6) is 0 Å². The van der Waals surface area contributed by atoms with Gasteiger partial charge in [-0.05, 0) is 36.4 Å². The van der Waals surface area contributed by atoms with Gasteiger partial charge in [0.2, 0.25) is 5.91 Å². The number of carbonyl (C=O) groups is 2. The smallest absolute Gasteiger partial charge is 0.292 e. The Kier molecular flexibility index (Phi) is 3.77. The molecule has 3 rings (SSSR count). The van der Waals surface area contributed by atoms with Crippen molar-refractivity contribution in [1.29, 1.82) is 0 Å². The molecule has 1 aromatic carbocycles. The molecular formula is C15H14ClN2O3+. The molecule has 2 heterocycles. The number of halogens is 1. The number of anilines is 1. The quantitative estimate of drug-likeness (QED) is 0.867. The SMILES string of the molecule is O=C1CC([NH2+]Cc2ccco2)C(=O)N1c1ccc(Cl)cc1. The molecule has 0 radical (unpaired) electrons. The topological polar surface area (TPSA) is 67.1 Å². The molecule has 21 heavy (non-hydrogen) atoms. The minimum atomic E-state index is -0.404. The average Bonchev–Trinajstić information content (AvgIpc) is 3.07. The summed E-state index contributed by atoms with van der Waals surface area (Å²) >= 11 is 5.82. The second-order valence-corrected chi connectivity index (χ2v) is 5.31. The number of imide groups is 1. The van der Waals surface area contributed by atoms with E-state index in [-0.39, 0.29) is 18.2 Å². The minimum absolute atomic E-state index is 0.192. The summed E-state index contributed by atoms with van der Waals surface area (Å²) in [5.74, 6) is 0.386. The largest absolute Gasteiger partial charge is 0.463 e. The van der Waals surface area contributed by atoms with Crippen LogP contribution in [0, 0.1) is 0 Å². The Labute approximate surface area is 126 Å². The predicted molar refractivity (Wildman–Crippen MR) is 76.7 cm³/mol. The van der Waals surface area contributed by atoms with Gasteiger partial charge >= 0.3 is 0 Å². The van der Waals surface area contributed by atoms with Crippen LogP contribution < -0.4 is 10.2 Å². The highest BCUT2D eigenvalue weighted by Crippen LogP contribution is 2.23. The molecule has 2 N–H and O–H groups in total. The Morgan fingerprint density at radius 3 is 2.67 bits per heavy atom. The van der Waals surface area contributed by atoms with Gasteiger partial charge in [-0.15, -0.1) is 0 Å². The summed E-state index contributed by atoms with van der Waals surface area (Å²) in [6.45, 7) is 0.533. The van der Waals surface area contributed by atoms with Gasteiger partial charge in [-0.1, -0.05) is 11.6 Å². The molecule has 6 heteroatoms. The zero-order chi connectivity index (χ0) is 14.8. The minimum Gasteiger partial charge on any atom is -0.463 e. The van der Waals surface area contributed by atoms with E-state index in [1.165, 1.54) is 4.90 Å². The zero-order valence-electron chi connectivity index (χ0n) is 11.2. The first-order valence-electron chi connectivity index (χ1n) is 6.63. The summed E-state index contributed by atoms with van der Waals surface area (Å²) < 4.78 is 5.22. The first-order chi connectivity index (χ1) is 10.1. The van der Waals surface area contributed by atoms with E-state index in [9.17, 15) is 9.59 Å². The Morgan fingerprint density at radius 1 is 1.24 bits per heavy atom. The molecule has 5 nitrogen and oxygen atoms in total. The molecule has 1 aromatic heterocycles. The zero-order valence-corrected chi connectivity index (χ0v) is 11.9. The number of nitrogens with two attached hydrogens (primary N) is 1. The van der Waals surface area contributed by atoms with E-state index < -0.39 is 6.04 Å². The highest BCUT2D eigenvalue weighted by molar-refractivity contribution is 6.30. The average molecular weight is 306 g/mol. The molecule has 1 aliphatic rings. The monoisotopic (exact) mass is 305 g/mol. The summed E-state index contributed by atoms with van der Waals surface area (Å²) in [6, 6.07) is 9.91. The molecular weight excluding hydrogens is 292 g/mol. The Balaban J connectivity index is 1.71. The Bertz CT molecular complexity index is 652.